The predicted molar refractivity (Wildman–Crippen MR) is 150 cm³/mol. The molecular weight excluding hydrogens is 500 g/mol. The minimum atomic E-state index is -1.08. The topological polar surface area (TPSA) is 87.2 Å². The van der Waals surface area contributed by atoms with E-state index in [0.717, 1.165) is 28.3 Å². The zero-order valence-corrected chi connectivity index (χ0v) is 22.6. The summed E-state index contributed by atoms with van der Waals surface area (Å²) in [6, 6.07) is 22.2. The second-order valence-corrected chi connectivity index (χ2v) is 10.6. The molecule has 8 heteroatoms. The van der Waals surface area contributed by atoms with Gasteiger partial charge in [0.25, 0.3) is 0 Å². The van der Waals surface area contributed by atoms with E-state index in [1.54, 1.807) is 18.7 Å². The molecule has 3 aromatic carbocycles. The summed E-state index contributed by atoms with van der Waals surface area (Å²) < 4.78 is 5.35. The van der Waals surface area contributed by atoms with Gasteiger partial charge in [-0.15, -0.1) is 11.8 Å². The van der Waals surface area contributed by atoms with Crippen molar-refractivity contribution in [3.63, 3.8) is 0 Å². The lowest BCUT2D eigenvalue weighted by molar-refractivity contribution is -0.151. The number of ether oxygens (including phenoxy) is 1. The molecule has 1 aliphatic rings. The number of hydrogen-bond donors (Lipinski definition) is 1. The predicted octanol–water partition coefficient (Wildman–Crippen LogP) is 5.39. The minimum absolute atomic E-state index is 0.148. The molecule has 1 fully saturated rings. The summed E-state index contributed by atoms with van der Waals surface area (Å²) in [4.78, 5) is 42.0. The quantitative estimate of drug-likeness (QED) is 0.396. The molecule has 0 aromatic heterocycles. The van der Waals surface area contributed by atoms with E-state index in [4.69, 9.17) is 4.74 Å². The van der Waals surface area contributed by atoms with Gasteiger partial charge in [0.05, 0.1) is 6.61 Å². The van der Waals surface area contributed by atoms with Gasteiger partial charge in [-0.3, -0.25) is 9.69 Å². The van der Waals surface area contributed by atoms with Crippen LogP contribution in [0.25, 0.3) is 10.8 Å². The van der Waals surface area contributed by atoms with Crippen molar-refractivity contribution in [2.24, 2.45) is 0 Å². The van der Waals surface area contributed by atoms with Crippen molar-refractivity contribution >= 4 is 40.5 Å². The minimum Gasteiger partial charge on any atom is -0.480 e. The zero-order valence-electron chi connectivity index (χ0n) is 21.8. The molecule has 3 atom stereocenters. The smallest absolute Gasteiger partial charge is 0.410 e. The number of thioether (sulfide) groups is 1. The molecule has 1 aliphatic heterocycles. The van der Waals surface area contributed by atoms with E-state index < -0.39 is 24.1 Å². The number of rotatable bonds is 9. The van der Waals surface area contributed by atoms with E-state index in [1.165, 1.54) is 16.7 Å². The highest BCUT2D eigenvalue weighted by atomic mass is 32.2. The van der Waals surface area contributed by atoms with Crippen LogP contribution in [0.15, 0.2) is 72.8 Å². The van der Waals surface area contributed by atoms with Crippen LogP contribution in [0.1, 0.15) is 36.6 Å². The van der Waals surface area contributed by atoms with E-state index >= 15 is 0 Å². The first kappa shape index (κ1) is 27.5. The van der Waals surface area contributed by atoms with Crippen LogP contribution in [0.3, 0.4) is 0 Å². The summed E-state index contributed by atoms with van der Waals surface area (Å²) in [5.74, 6) is -1.09. The number of carboxylic acid groups (broad SMARTS) is 1. The fourth-order valence-electron chi connectivity index (χ4n) is 4.90. The molecule has 200 valence electrons. The van der Waals surface area contributed by atoms with Gasteiger partial charge in [-0.05, 0) is 48.6 Å². The Hall–Kier alpha value is -3.52. The first-order chi connectivity index (χ1) is 18.4. The lowest BCUT2D eigenvalue weighted by atomic mass is 10.0. The second-order valence-electron chi connectivity index (χ2n) is 9.39. The van der Waals surface area contributed by atoms with E-state index in [-0.39, 0.29) is 24.3 Å². The number of aliphatic carboxylic acids is 1. The second kappa shape index (κ2) is 12.8. The number of benzene rings is 3. The van der Waals surface area contributed by atoms with Crippen molar-refractivity contribution in [1.82, 2.24) is 9.80 Å². The molecule has 0 saturated carbocycles. The number of carbonyl (C=O) groups is 3. The molecule has 38 heavy (non-hydrogen) atoms. The van der Waals surface area contributed by atoms with Crippen LogP contribution >= 0.6 is 11.8 Å². The molecule has 3 aromatic rings. The van der Waals surface area contributed by atoms with E-state index in [1.807, 2.05) is 66.7 Å². The van der Waals surface area contributed by atoms with Crippen molar-refractivity contribution in [3.05, 3.63) is 83.9 Å². The molecule has 1 N–H and O–H groups in total. The summed E-state index contributed by atoms with van der Waals surface area (Å²) in [5, 5.41) is 11.9. The number of fused-ring (bicyclic) bond motifs is 1. The monoisotopic (exact) mass is 534 g/mol. The molecule has 0 aliphatic carbocycles. The van der Waals surface area contributed by atoms with Crippen LogP contribution in [-0.2, 0) is 20.7 Å². The maximum atomic E-state index is 13.9. The van der Waals surface area contributed by atoms with Crippen molar-refractivity contribution in [2.45, 2.75) is 44.0 Å². The maximum Gasteiger partial charge on any atom is 0.410 e. The van der Waals surface area contributed by atoms with E-state index in [2.05, 4.69) is 6.07 Å². The van der Waals surface area contributed by atoms with Crippen molar-refractivity contribution < 1.29 is 24.2 Å². The maximum absolute atomic E-state index is 13.9. The Morgan fingerprint density at radius 1 is 1.08 bits per heavy atom. The van der Waals surface area contributed by atoms with Crippen molar-refractivity contribution in [1.29, 1.82) is 0 Å². The molecule has 1 saturated heterocycles. The third kappa shape index (κ3) is 6.30. The largest absolute Gasteiger partial charge is 0.480 e. The van der Waals surface area contributed by atoms with Crippen LogP contribution in [-0.4, -0.2) is 70.4 Å². The lowest BCUT2D eigenvalue weighted by Gasteiger charge is -2.33. The summed E-state index contributed by atoms with van der Waals surface area (Å²) >= 11 is 1.59. The van der Waals surface area contributed by atoms with Crippen molar-refractivity contribution in [2.75, 3.05) is 25.4 Å². The number of nitrogens with zero attached hydrogens (tertiary/aromatic N) is 2. The summed E-state index contributed by atoms with van der Waals surface area (Å²) in [5.41, 5.74) is 2.20. The van der Waals surface area contributed by atoms with Crippen LogP contribution in [0.4, 0.5) is 4.79 Å². The highest BCUT2D eigenvalue weighted by molar-refractivity contribution is 7.99. The third-order valence-electron chi connectivity index (χ3n) is 6.97. The zero-order chi connectivity index (χ0) is 27.1. The fourth-order valence-corrected chi connectivity index (χ4v) is 6.28. The van der Waals surface area contributed by atoms with Crippen LogP contribution in [0.2, 0.25) is 0 Å². The lowest BCUT2D eigenvalue weighted by Crippen LogP contribution is -2.55. The molecule has 1 heterocycles. The average molecular weight is 535 g/mol. The highest BCUT2D eigenvalue weighted by Gasteiger charge is 2.41. The molecule has 2 amide bonds. The molecular formula is C30H34N2O5S. The van der Waals surface area contributed by atoms with Gasteiger partial charge in [0.1, 0.15) is 12.1 Å². The van der Waals surface area contributed by atoms with Crippen LogP contribution in [0, 0.1) is 0 Å². The normalized spacial score (nSPS) is 18.6. The van der Waals surface area contributed by atoms with Gasteiger partial charge in [-0.1, -0.05) is 72.8 Å². The molecule has 4 rings (SSSR count). The Balaban J connectivity index is 1.64. The van der Waals surface area contributed by atoms with Gasteiger partial charge >= 0.3 is 12.1 Å². The first-order valence-electron chi connectivity index (χ1n) is 13.0. The third-order valence-corrected chi connectivity index (χ3v) is 8.28. The highest BCUT2D eigenvalue weighted by Crippen LogP contribution is 2.38. The Bertz CT molecular complexity index is 1260. The average Bonchev–Trinajstić information content (AvgIpc) is 3.10. The van der Waals surface area contributed by atoms with Crippen LogP contribution in [0.5, 0.6) is 0 Å². The van der Waals surface area contributed by atoms with Gasteiger partial charge in [0.2, 0.25) is 5.91 Å². The van der Waals surface area contributed by atoms with Gasteiger partial charge in [-0.2, -0.15) is 0 Å². The molecule has 0 radical (unpaired) electrons. The standard InChI is InChI=1S/C30H34N2O5S/c1-3-37-30(36)31(18-10-13-22-11-5-4-6-12-22)26-20-38-27(19-32(28(26)33)21(2)29(34)35)25-17-9-15-23-14-7-8-16-24(23)25/h4-9,11-12,14-17,21,26-27H,3,10,13,18-20H2,1-2H3,(H,34,35). The van der Waals surface area contributed by atoms with Gasteiger partial charge in [0, 0.05) is 24.1 Å². The number of aryl methyl sites for hydroxylation is 1. The van der Waals surface area contributed by atoms with Gasteiger partial charge < -0.3 is 14.7 Å². The Labute approximate surface area is 227 Å². The van der Waals surface area contributed by atoms with Gasteiger partial charge in [0.15, 0.2) is 0 Å². The first-order valence-corrected chi connectivity index (χ1v) is 14.1. The summed E-state index contributed by atoms with van der Waals surface area (Å²) in [7, 11) is 0. The molecule has 7 nitrogen and oxygen atoms in total. The molecule has 3 unspecified atom stereocenters. The molecule has 0 bridgehead atoms. The van der Waals surface area contributed by atoms with Gasteiger partial charge in [-0.25, -0.2) is 9.59 Å². The number of hydrogen-bond acceptors (Lipinski definition) is 5. The van der Waals surface area contributed by atoms with E-state index in [9.17, 15) is 19.5 Å². The SMILES string of the molecule is CCOC(=O)N(CCCc1ccccc1)C1CSC(c2cccc3ccccc23)CN(C(C)C(=O)O)C1=O. The number of amides is 2. The number of carboxylic acids is 1. The Morgan fingerprint density at radius 2 is 1.79 bits per heavy atom. The number of carbonyl (C=O) groups excluding carboxylic acids is 2. The van der Waals surface area contributed by atoms with Crippen molar-refractivity contribution in [3.8, 4) is 0 Å². The van der Waals surface area contributed by atoms with E-state index in [0.29, 0.717) is 18.7 Å². The fraction of sp³-hybridized carbons (Fsp3) is 0.367. The van der Waals surface area contributed by atoms with Crippen LogP contribution < -0.4 is 0 Å². The Kier molecular flexibility index (Phi) is 9.29. The summed E-state index contributed by atoms with van der Waals surface area (Å²) in [6.45, 7) is 4.02. The molecule has 0 spiro atoms. The summed E-state index contributed by atoms with van der Waals surface area (Å²) in [6.07, 6.45) is 0.850. The Morgan fingerprint density at radius 3 is 2.53 bits per heavy atom.